The second-order valence-corrected chi connectivity index (χ2v) is 7.13. The van der Waals surface area contributed by atoms with Crippen LogP contribution in [0.4, 0.5) is 5.69 Å². The van der Waals surface area contributed by atoms with E-state index in [9.17, 15) is 9.59 Å². The number of carbonyl (C=O) groups excluding carboxylic acids is 2. The third-order valence-corrected chi connectivity index (χ3v) is 5.08. The first kappa shape index (κ1) is 19.6. The van der Waals surface area contributed by atoms with Gasteiger partial charge in [0.15, 0.2) is 11.7 Å². The minimum absolute atomic E-state index is 0.0130. The fraction of sp³-hybridized carbons (Fsp3) is 0.125. The van der Waals surface area contributed by atoms with Gasteiger partial charge < -0.3 is 14.5 Å². The van der Waals surface area contributed by atoms with Crippen molar-refractivity contribution in [3.63, 3.8) is 0 Å². The van der Waals surface area contributed by atoms with E-state index in [2.05, 4.69) is 19.9 Å². The van der Waals surface area contributed by atoms with Gasteiger partial charge in [0.2, 0.25) is 11.7 Å². The molecule has 1 aromatic carbocycles. The molecule has 0 radical (unpaired) electrons. The van der Waals surface area contributed by atoms with Crippen molar-refractivity contribution in [2.24, 2.45) is 10.9 Å². The number of hydrogen-bond acceptors (Lipinski definition) is 7. The summed E-state index contributed by atoms with van der Waals surface area (Å²) in [7, 11) is 0. The van der Waals surface area contributed by atoms with Crippen LogP contribution in [0.1, 0.15) is 12.5 Å². The number of aromatic amines is 1. The first-order valence-electron chi connectivity index (χ1n) is 10.1. The second-order valence-electron chi connectivity index (χ2n) is 7.13. The number of nitrogens with one attached hydrogen (secondary N) is 1. The molecule has 0 amide bonds. The molecule has 158 valence electrons. The quantitative estimate of drug-likeness (QED) is 0.301. The first-order chi connectivity index (χ1) is 15.6. The molecule has 32 heavy (non-hydrogen) atoms. The van der Waals surface area contributed by atoms with Gasteiger partial charge in [0.1, 0.15) is 5.65 Å². The molecule has 1 N–H and O–H groups in total. The van der Waals surface area contributed by atoms with E-state index >= 15 is 0 Å². The van der Waals surface area contributed by atoms with Gasteiger partial charge in [-0.05, 0) is 49.4 Å². The Kier molecular flexibility index (Phi) is 4.95. The fourth-order valence-corrected chi connectivity index (χ4v) is 3.60. The van der Waals surface area contributed by atoms with Crippen molar-refractivity contribution >= 4 is 51.4 Å². The number of hydrogen-bond donors (Lipinski definition) is 1. The van der Waals surface area contributed by atoms with E-state index in [1.165, 1.54) is 0 Å². The lowest BCUT2D eigenvalue weighted by Gasteiger charge is -2.06. The van der Waals surface area contributed by atoms with E-state index in [0.29, 0.717) is 11.3 Å². The van der Waals surface area contributed by atoms with Crippen molar-refractivity contribution in [3.8, 4) is 0 Å². The maximum absolute atomic E-state index is 13.1. The number of H-pyrrole nitrogens is 1. The normalized spacial score (nSPS) is 18.5. The molecule has 4 heterocycles. The summed E-state index contributed by atoms with van der Waals surface area (Å²) in [5, 5.41) is 1.71. The number of aromatic nitrogens is 3. The molecule has 1 unspecified atom stereocenters. The van der Waals surface area contributed by atoms with Gasteiger partial charge in [-0.3, -0.25) is 14.6 Å². The number of ketones is 1. The Morgan fingerprint density at radius 1 is 1.22 bits per heavy atom. The molecule has 8 nitrogen and oxygen atoms in total. The molecule has 4 aromatic rings. The lowest BCUT2D eigenvalue weighted by Crippen LogP contribution is -2.27. The highest BCUT2D eigenvalue weighted by molar-refractivity contribution is 6.27. The molecule has 0 spiro atoms. The van der Waals surface area contributed by atoms with Crippen molar-refractivity contribution in [3.05, 3.63) is 72.4 Å². The lowest BCUT2D eigenvalue weighted by molar-refractivity contribution is -0.147. The van der Waals surface area contributed by atoms with E-state index in [1.807, 2.05) is 30.3 Å². The highest BCUT2D eigenvalue weighted by Crippen LogP contribution is 2.30. The zero-order valence-corrected chi connectivity index (χ0v) is 17.1. The van der Waals surface area contributed by atoms with Crippen LogP contribution in [0.15, 0.2) is 71.8 Å². The van der Waals surface area contributed by atoms with Gasteiger partial charge in [-0.25, -0.2) is 9.98 Å². The second kappa shape index (κ2) is 8.07. The van der Waals surface area contributed by atoms with Crippen LogP contribution < -0.4 is 0 Å². The molecule has 0 aliphatic carbocycles. The number of aliphatic imine (C=N–C) groups is 1. The van der Waals surface area contributed by atoms with Gasteiger partial charge in [0.05, 0.1) is 17.8 Å². The monoisotopic (exact) mass is 426 g/mol. The smallest absolute Gasteiger partial charge is 0.326 e. The Labute approximate surface area is 182 Å². The average Bonchev–Trinajstić information content (AvgIpc) is 3.35. The van der Waals surface area contributed by atoms with Crippen molar-refractivity contribution in [1.29, 1.82) is 0 Å². The minimum Gasteiger partial charge on any atom is -0.465 e. The zero-order valence-electron chi connectivity index (χ0n) is 17.1. The van der Waals surface area contributed by atoms with E-state index in [0.717, 1.165) is 21.9 Å². The number of Topliss-reactive ketones (excluding diaryl/α,β-unsaturated/α-hetero) is 1. The Morgan fingerprint density at radius 3 is 2.94 bits per heavy atom. The van der Waals surface area contributed by atoms with E-state index in [-0.39, 0.29) is 18.3 Å². The minimum atomic E-state index is -1.26. The van der Waals surface area contributed by atoms with Gasteiger partial charge >= 0.3 is 5.97 Å². The number of pyridine rings is 2. The number of benzene rings is 1. The number of esters is 1. The predicted octanol–water partition coefficient (Wildman–Crippen LogP) is 3.96. The number of nitrogens with zero attached hydrogens (tertiary/aromatic N) is 3. The molecule has 1 saturated heterocycles. The predicted molar refractivity (Wildman–Crippen MR) is 119 cm³/mol. The summed E-state index contributed by atoms with van der Waals surface area (Å²) < 4.78 is 10.9. The molecule has 3 aromatic heterocycles. The summed E-state index contributed by atoms with van der Waals surface area (Å²) in [4.78, 5) is 41.7. The van der Waals surface area contributed by atoms with Crippen molar-refractivity contribution < 1.29 is 19.1 Å². The molecule has 1 aliphatic rings. The summed E-state index contributed by atoms with van der Waals surface area (Å²) in [5.41, 5.74) is 2.76. The van der Waals surface area contributed by atoms with E-state index in [1.54, 1.807) is 43.7 Å². The maximum Gasteiger partial charge on any atom is 0.326 e. The third-order valence-electron chi connectivity index (χ3n) is 5.08. The number of ether oxygens (including phenoxy) is 2. The maximum atomic E-state index is 13.1. The standard InChI is InChI=1S/C24H18N4O4/c1-2-31-24(30)20-21(29)19(12-15-13-27-22-17(15)6-4-10-26-22)32-23(20)28-16-7-8-18-14(11-16)5-3-9-25-18/h3-13,20H,2H2,1H3,(H,26,27)/b19-12-,28-23?. The molecular weight excluding hydrogens is 408 g/mol. The van der Waals surface area contributed by atoms with Gasteiger partial charge in [-0.1, -0.05) is 6.07 Å². The van der Waals surface area contributed by atoms with Crippen LogP contribution in [0.2, 0.25) is 0 Å². The van der Waals surface area contributed by atoms with Gasteiger partial charge in [0, 0.05) is 34.9 Å². The third kappa shape index (κ3) is 3.51. The van der Waals surface area contributed by atoms with Crippen LogP contribution in [0, 0.1) is 5.92 Å². The van der Waals surface area contributed by atoms with Crippen LogP contribution in [0.3, 0.4) is 0 Å². The van der Waals surface area contributed by atoms with E-state index < -0.39 is 17.7 Å². The van der Waals surface area contributed by atoms with E-state index in [4.69, 9.17) is 9.47 Å². The Bertz CT molecular complexity index is 1420. The molecule has 0 saturated carbocycles. The summed E-state index contributed by atoms with van der Waals surface area (Å²) in [6, 6.07) is 12.8. The molecule has 1 fully saturated rings. The van der Waals surface area contributed by atoms with Crippen LogP contribution >= 0.6 is 0 Å². The SMILES string of the molecule is CCOC(=O)C1C(=O)/C(=C/c2c[nH]c3ncccc23)OC1=Nc1ccc2ncccc2c1. The molecule has 0 bridgehead atoms. The summed E-state index contributed by atoms with van der Waals surface area (Å²) in [6.45, 7) is 1.83. The van der Waals surface area contributed by atoms with Crippen molar-refractivity contribution in [1.82, 2.24) is 15.0 Å². The van der Waals surface area contributed by atoms with Gasteiger partial charge in [-0.15, -0.1) is 0 Å². The lowest BCUT2D eigenvalue weighted by atomic mass is 10.0. The number of rotatable bonds is 4. The number of fused-ring (bicyclic) bond motifs is 2. The zero-order chi connectivity index (χ0) is 22.1. The summed E-state index contributed by atoms with van der Waals surface area (Å²) in [6.07, 6.45) is 6.70. The Morgan fingerprint density at radius 2 is 2.06 bits per heavy atom. The average molecular weight is 426 g/mol. The van der Waals surface area contributed by atoms with Crippen LogP contribution in [-0.4, -0.2) is 39.2 Å². The van der Waals surface area contributed by atoms with Gasteiger partial charge in [0.25, 0.3) is 0 Å². The van der Waals surface area contributed by atoms with Gasteiger partial charge in [-0.2, -0.15) is 0 Å². The number of allylic oxidation sites excluding steroid dienone is 1. The largest absolute Gasteiger partial charge is 0.465 e. The molecular formula is C24H18N4O4. The summed E-state index contributed by atoms with van der Waals surface area (Å²) >= 11 is 0. The molecule has 1 aliphatic heterocycles. The molecule has 1 atom stereocenters. The molecule has 5 rings (SSSR count). The number of carbonyl (C=O) groups is 2. The first-order valence-corrected chi connectivity index (χ1v) is 10.1. The van der Waals surface area contributed by atoms with Crippen molar-refractivity contribution in [2.75, 3.05) is 6.61 Å². The fourth-order valence-electron chi connectivity index (χ4n) is 3.60. The highest BCUT2D eigenvalue weighted by Gasteiger charge is 2.44. The van der Waals surface area contributed by atoms with Crippen LogP contribution in [0.25, 0.3) is 28.0 Å². The highest BCUT2D eigenvalue weighted by atomic mass is 16.5. The van der Waals surface area contributed by atoms with Crippen molar-refractivity contribution in [2.45, 2.75) is 6.92 Å². The molecule has 8 heteroatoms. The van der Waals surface area contributed by atoms with Crippen LogP contribution in [0.5, 0.6) is 0 Å². The Hall–Kier alpha value is -4.33. The topological polar surface area (TPSA) is 107 Å². The summed E-state index contributed by atoms with van der Waals surface area (Å²) in [5.74, 6) is -2.44. The Balaban J connectivity index is 1.56. The van der Waals surface area contributed by atoms with Crippen LogP contribution in [-0.2, 0) is 19.1 Å².